The SMILES string of the molecule is COc1cc(NC(=O)c2ccccc2F)ccc1NC(=O)c1cccs1. The summed E-state index contributed by atoms with van der Waals surface area (Å²) in [7, 11) is 1.46. The zero-order valence-electron chi connectivity index (χ0n) is 13.8. The van der Waals surface area contributed by atoms with Crippen LogP contribution in [0.1, 0.15) is 20.0 Å². The smallest absolute Gasteiger partial charge is 0.265 e. The van der Waals surface area contributed by atoms with Crippen LogP contribution in [0.2, 0.25) is 0 Å². The average molecular weight is 370 g/mol. The summed E-state index contributed by atoms with van der Waals surface area (Å²) in [6.45, 7) is 0. The summed E-state index contributed by atoms with van der Waals surface area (Å²) in [5, 5.41) is 7.18. The van der Waals surface area contributed by atoms with E-state index in [0.29, 0.717) is 22.0 Å². The predicted octanol–water partition coefficient (Wildman–Crippen LogP) is 4.40. The molecular weight excluding hydrogens is 355 g/mol. The first-order valence-electron chi connectivity index (χ1n) is 7.67. The van der Waals surface area contributed by atoms with E-state index in [-0.39, 0.29) is 11.5 Å². The van der Waals surface area contributed by atoms with Gasteiger partial charge in [-0.3, -0.25) is 9.59 Å². The Kier molecular flexibility index (Phi) is 5.28. The molecule has 1 aromatic heterocycles. The monoisotopic (exact) mass is 370 g/mol. The van der Waals surface area contributed by atoms with Crippen LogP contribution in [0.25, 0.3) is 0 Å². The number of amides is 2. The van der Waals surface area contributed by atoms with Gasteiger partial charge in [0.2, 0.25) is 0 Å². The van der Waals surface area contributed by atoms with E-state index >= 15 is 0 Å². The van der Waals surface area contributed by atoms with Gasteiger partial charge in [0.25, 0.3) is 11.8 Å². The van der Waals surface area contributed by atoms with E-state index in [2.05, 4.69) is 10.6 Å². The van der Waals surface area contributed by atoms with Crippen molar-refractivity contribution in [2.24, 2.45) is 0 Å². The summed E-state index contributed by atoms with van der Waals surface area (Å²) in [5.41, 5.74) is 0.834. The summed E-state index contributed by atoms with van der Waals surface area (Å²) < 4.78 is 19.0. The van der Waals surface area contributed by atoms with Crippen LogP contribution < -0.4 is 15.4 Å². The molecule has 0 atom stereocenters. The first kappa shape index (κ1) is 17.6. The minimum atomic E-state index is -0.600. The highest BCUT2D eigenvalue weighted by molar-refractivity contribution is 7.12. The minimum absolute atomic E-state index is 0.0541. The Labute approximate surface area is 153 Å². The first-order valence-corrected chi connectivity index (χ1v) is 8.55. The summed E-state index contributed by atoms with van der Waals surface area (Å²) in [5.74, 6) is -1.04. The van der Waals surface area contributed by atoms with Crippen molar-refractivity contribution < 1.29 is 18.7 Å². The molecule has 0 aliphatic rings. The lowest BCUT2D eigenvalue weighted by molar-refractivity contribution is 0.101. The van der Waals surface area contributed by atoms with E-state index in [1.807, 2.05) is 5.38 Å². The molecule has 0 aliphatic carbocycles. The number of carbonyl (C=O) groups excluding carboxylic acids is 2. The molecular formula is C19H15FN2O3S. The average Bonchev–Trinajstić information content (AvgIpc) is 3.18. The molecule has 1 heterocycles. The molecule has 0 bridgehead atoms. The molecule has 0 radical (unpaired) electrons. The fourth-order valence-electron chi connectivity index (χ4n) is 2.31. The third-order valence-electron chi connectivity index (χ3n) is 3.57. The van der Waals surface area contributed by atoms with Crippen LogP contribution in [-0.4, -0.2) is 18.9 Å². The molecule has 0 saturated carbocycles. The van der Waals surface area contributed by atoms with Gasteiger partial charge in [0, 0.05) is 11.8 Å². The second-order valence-electron chi connectivity index (χ2n) is 5.28. The van der Waals surface area contributed by atoms with Gasteiger partial charge in [0.1, 0.15) is 11.6 Å². The molecule has 7 heteroatoms. The van der Waals surface area contributed by atoms with Crippen LogP contribution >= 0.6 is 11.3 Å². The molecule has 0 spiro atoms. The molecule has 0 unspecified atom stereocenters. The Balaban J connectivity index is 1.77. The second-order valence-corrected chi connectivity index (χ2v) is 6.23. The molecule has 132 valence electrons. The fourth-order valence-corrected chi connectivity index (χ4v) is 2.93. The number of thiophene rings is 1. The van der Waals surface area contributed by atoms with Gasteiger partial charge in [-0.25, -0.2) is 4.39 Å². The Bertz CT molecular complexity index is 942. The van der Waals surface area contributed by atoms with Crippen molar-refractivity contribution in [2.45, 2.75) is 0 Å². The van der Waals surface area contributed by atoms with Gasteiger partial charge in [-0.05, 0) is 35.7 Å². The number of halogens is 1. The lowest BCUT2D eigenvalue weighted by Gasteiger charge is -2.12. The number of nitrogens with one attached hydrogen (secondary N) is 2. The van der Waals surface area contributed by atoms with Gasteiger partial charge in [0.15, 0.2) is 0 Å². The maximum Gasteiger partial charge on any atom is 0.265 e. The van der Waals surface area contributed by atoms with Crippen LogP contribution in [0.15, 0.2) is 60.0 Å². The summed E-state index contributed by atoms with van der Waals surface area (Å²) in [4.78, 5) is 24.9. The lowest BCUT2D eigenvalue weighted by atomic mass is 10.2. The van der Waals surface area contributed by atoms with E-state index < -0.39 is 11.7 Å². The Morgan fingerprint density at radius 1 is 1.00 bits per heavy atom. The molecule has 2 amide bonds. The third-order valence-corrected chi connectivity index (χ3v) is 4.44. The highest BCUT2D eigenvalue weighted by Gasteiger charge is 2.14. The third kappa shape index (κ3) is 3.89. The van der Waals surface area contributed by atoms with Gasteiger partial charge in [-0.15, -0.1) is 11.3 Å². The van der Waals surface area contributed by atoms with Gasteiger partial charge in [0.05, 0.1) is 23.2 Å². The fraction of sp³-hybridized carbons (Fsp3) is 0.0526. The number of hydrogen-bond acceptors (Lipinski definition) is 4. The van der Waals surface area contributed by atoms with Crippen molar-refractivity contribution in [3.63, 3.8) is 0 Å². The van der Waals surface area contributed by atoms with Crippen molar-refractivity contribution in [1.29, 1.82) is 0 Å². The van der Waals surface area contributed by atoms with Crippen LogP contribution in [0.5, 0.6) is 5.75 Å². The van der Waals surface area contributed by atoms with Crippen molar-refractivity contribution >= 4 is 34.5 Å². The summed E-state index contributed by atoms with van der Waals surface area (Å²) in [6.07, 6.45) is 0. The predicted molar refractivity (Wildman–Crippen MR) is 99.6 cm³/mol. The van der Waals surface area contributed by atoms with Crippen molar-refractivity contribution in [3.8, 4) is 5.75 Å². The molecule has 26 heavy (non-hydrogen) atoms. The standard InChI is InChI=1S/C19H15FN2O3S/c1-25-16-11-12(21-18(23)13-5-2-3-6-14(13)20)8-9-15(16)22-19(24)17-7-4-10-26-17/h2-11H,1H3,(H,21,23)(H,22,24). The maximum atomic E-state index is 13.7. The van der Waals surface area contributed by atoms with Crippen LogP contribution in [0.3, 0.4) is 0 Å². The summed E-state index contributed by atoms with van der Waals surface area (Å²) >= 11 is 1.33. The Hall–Kier alpha value is -3.19. The maximum absolute atomic E-state index is 13.7. The normalized spacial score (nSPS) is 10.2. The highest BCUT2D eigenvalue weighted by Crippen LogP contribution is 2.29. The zero-order chi connectivity index (χ0) is 18.5. The molecule has 2 aromatic carbocycles. The van der Waals surface area contributed by atoms with Crippen molar-refractivity contribution in [1.82, 2.24) is 0 Å². The van der Waals surface area contributed by atoms with Gasteiger partial charge in [-0.1, -0.05) is 18.2 Å². The van der Waals surface area contributed by atoms with Gasteiger partial charge in [-0.2, -0.15) is 0 Å². The topological polar surface area (TPSA) is 67.4 Å². The van der Waals surface area contributed by atoms with Gasteiger partial charge < -0.3 is 15.4 Å². The number of methoxy groups -OCH3 is 1. The largest absolute Gasteiger partial charge is 0.494 e. The quantitative estimate of drug-likeness (QED) is 0.699. The van der Waals surface area contributed by atoms with E-state index in [1.165, 1.54) is 36.6 Å². The molecule has 5 nitrogen and oxygen atoms in total. The van der Waals surface area contributed by atoms with E-state index in [4.69, 9.17) is 4.74 Å². The van der Waals surface area contributed by atoms with Crippen molar-refractivity contribution in [2.75, 3.05) is 17.7 Å². The van der Waals surface area contributed by atoms with Crippen molar-refractivity contribution in [3.05, 3.63) is 76.2 Å². The lowest BCUT2D eigenvalue weighted by Crippen LogP contribution is -2.14. The second kappa shape index (κ2) is 7.79. The van der Waals surface area contributed by atoms with Crippen LogP contribution in [0, 0.1) is 5.82 Å². The molecule has 0 saturated heterocycles. The highest BCUT2D eigenvalue weighted by atomic mass is 32.1. The number of ether oxygens (including phenoxy) is 1. The molecule has 0 fully saturated rings. The van der Waals surface area contributed by atoms with E-state index in [0.717, 1.165) is 0 Å². The first-order chi connectivity index (χ1) is 12.6. The summed E-state index contributed by atoms with van der Waals surface area (Å²) in [6, 6.07) is 14.0. The number of rotatable bonds is 5. The van der Waals surface area contributed by atoms with Gasteiger partial charge >= 0.3 is 0 Å². The van der Waals surface area contributed by atoms with E-state index in [9.17, 15) is 14.0 Å². The minimum Gasteiger partial charge on any atom is -0.494 e. The van der Waals surface area contributed by atoms with Crippen LogP contribution in [-0.2, 0) is 0 Å². The molecule has 3 rings (SSSR count). The Morgan fingerprint density at radius 3 is 2.50 bits per heavy atom. The van der Waals surface area contributed by atoms with Crippen LogP contribution in [0.4, 0.5) is 15.8 Å². The Morgan fingerprint density at radius 2 is 1.81 bits per heavy atom. The number of benzene rings is 2. The number of carbonyl (C=O) groups is 2. The zero-order valence-corrected chi connectivity index (χ0v) is 14.6. The number of anilines is 2. The molecule has 2 N–H and O–H groups in total. The number of hydrogen-bond donors (Lipinski definition) is 2. The molecule has 0 aliphatic heterocycles. The molecule has 3 aromatic rings. The van der Waals surface area contributed by atoms with E-state index in [1.54, 1.807) is 36.4 Å².